The first-order chi connectivity index (χ1) is 9.27. The predicted octanol–water partition coefficient (Wildman–Crippen LogP) is 3.98. The molecule has 1 saturated heterocycles. The Kier molecular flexibility index (Phi) is 4.38. The van der Waals surface area contributed by atoms with E-state index < -0.39 is 0 Å². The average Bonchev–Trinajstić information content (AvgIpc) is 2.76. The number of likely N-dealkylation sites (tertiary alicyclic amines) is 1. The molecule has 112 valence electrons. The van der Waals surface area contributed by atoms with E-state index in [0.717, 1.165) is 25.1 Å². The van der Waals surface area contributed by atoms with Crippen molar-refractivity contribution in [3.63, 3.8) is 0 Å². The SMILES string of the molecule is CC(C)N1CC[C@@H](Oc2cc(F)ccc2C(C)(C)C)C1. The molecule has 0 saturated carbocycles. The van der Waals surface area contributed by atoms with E-state index in [1.165, 1.54) is 12.1 Å². The molecular formula is C17H26FNO. The summed E-state index contributed by atoms with van der Waals surface area (Å²) in [6.07, 6.45) is 1.18. The summed E-state index contributed by atoms with van der Waals surface area (Å²) in [5.41, 5.74) is 1.03. The monoisotopic (exact) mass is 279 g/mol. The number of nitrogens with zero attached hydrogens (tertiary/aromatic N) is 1. The molecule has 0 aliphatic carbocycles. The Morgan fingerprint density at radius 2 is 2.00 bits per heavy atom. The second kappa shape index (κ2) is 5.72. The fourth-order valence-electron chi connectivity index (χ4n) is 2.71. The van der Waals surface area contributed by atoms with Crippen molar-refractivity contribution in [2.75, 3.05) is 13.1 Å². The minimum absolute atomic E-state index is 0.0423. The van der Waals surface area contributed by atoms with E-state index in [1.807, 2.05) is 6.07 Å². The quantitative estimate of drug-likeness (QED) is 0.829. The highest BCUT2D eigenvalue weighted by Gasteiger charge is 2.27. The van der Waals surface area contributed by atoms with Crippen LogP contribution in [0.5, 0.6) is 5.75 Å². The first kappa shape index (κ1) is 15.3. The highest BCUT2D eigenvalue weighted by molar-refractivity contribution is 5.39. The number of rotatable bonds is 3. The number of hydrogen-bond donors (Lipinski definition) is 0. The maximum Gasteiger partial charge on any atom is 0.126 e. The van der Waals surface area contributed by atoms with Gasteiger partial charge in [-0.2, -0.15) is 0 Å². The first-order valence-corrected chi connectivity index (χ1v) is 7.48. The molecule has 0 aromatic heterocycles. The molecule has 2 rings (SSSR count). The van der Waals surface area contributed by atoms with Gasteiger partial charge in [0, 0.05) is 25.2 Å². The zero-order chi connectivity index (χ0) is 14.9. The summed E-state index contributed by atoms with van der Waals surface area (Å²) in [6.45, 7) is 12.8. The van der Waals surface area contributed by atoms with E-state index in [1.54, 1.807) is 0 Å². The molecule has 1 aromatic carbocycles. The van der Waals surface area contributed by atoms with Crippen LogP contribution in [-0.2, 0) is 5.41 Å². The largest absolute Gasteiger partial charge is 0.489 e. The Hall–Kier alpha value is -1.09. The van der Waals surface area contributed by atoms with Crippen molar-refractivity contribution in [3.8, 4) is 5.75 Å². The summed E-state index contributed by atoms with van der Waals surface area (Å²) in [7, 11) is 0. The zero-order valence-electron chi connectivity index (χ0n) is 13.2. The molecule has 0 bridgehead atoms. The Morgan fingerprint density at radius 1 is 1.30 bits per heavy atom. The molecule has 0 amide bonds. The van der Waals surface area contributed by atoms with Crippen LogP contribution in [-0.4, -0.2) is 30.1 Å². The van der Waals surface area contributed by atoms with Crippen LogP contribution in [0.3, 0.4) is 0 Å². The van der Waals surface area contributed by atoms with Crippen molar-refractivity contribution in [2.24, 2.45) is 0 Å². The van der Waals surface area contributed by atoms with Gasteiger partial charge in [0.05, 0.1) is 0 Å². The Balaban J connectivity index is 2.15. The van der Waals surface area contributed by atoms with Gasteiger partial charge in [-0.1, -0.05) is 26.8 Å². The van der Waals surface area contributed by atoms with Gasteiger partial charge in [-0.3, -0.25) is 4.90 Å². The van der Waals surface area contributed by atoms with Gasteiger partial charge in [-0.25, -0.2) is 4.39 Å². The summed E-state index contributed by atoms with van der Waals surface area (Å²) in [5, 5.41) is 0. The second-order valence-corrected chi connectivity index (χ2v) is 7.01. The topological polar surface area (TPSA) is 12.5 Å². The Bertz CT molecular complexity index is 465. The third kappa shape index (κ3) is 3.51. The fraction of sp³-hybridized carbons (Fsp3) is 0.647. The lowest BCUT2D eigenvalue weighted by Gasteiger charge is -2.25. The van der Waals surface area contributed by atoms with Crippen LogP contribution in [0.1, 0.15) is 46.6 Å². The smallest absolute Gasteiger partial charge is 0.126 e. The van der Waals surface area contributed by atoms with Gasteiger partial charge in [-0.05, 0) is 37.3 Å². The molecule has 1 aliphatic heterocycles. The third-order valence-corrected chi connectivity index (χ3v) is 3.95. The van der Waals surface area contributed by atoms with Crippen LogP contribution in [0.4, 0.5) is 4.39 Å². The summed E-state index contributed by atoms with van der Waals surface area (Å²) in [6, 6.07) is 5.43. The van der Waals surface area contributed by atoms with Crippen LogP contribution in [0.2, 0.25) is 0 Å². The molecule has 2 nitrogen and oxygen atoms in total. The maximum atomic E-state index is 13.5. The minimum atomic E-state index is -0.230. The molecule has 0 spiro atoms. The van der Waals surface area contributed by atoms with E-state index in [0.29, 0.717) is 11.8 Å². The molecule has 0 radical (unpaired) electrons. The van der Waals surface area contributed by atoms with E-state index >= 15 is 0 Å². The Morgan fingerprint density at radius 3 is 2.55 bits per heavy atom. The van der Waals surface area contributed by atoms with Crippen molar-refractivity contribution in [1.82, 2.24) is 4.90 Å². The van der Waals surface area contributed by atoms with E-state index in [9.17, 15) is 4.39 Å². The molecule has 1 aromatic rings. The Labute approximate surface area is 121 Å². The van der Waals surface area contributed by atoms with Crippen molar-refractivity contribution in [2.45, 2.75) is 58.6 Å². The molecule has 3 heteroatoms. The lowest BCUT2D eigenvalue weighted by atomic mass is 9.86. The van der Waals surface area contributed by atoms with Crippen molar-refractivity contribution in [1.29, 1.82) is 0 Å². The number of benzene rings is 1. The molecule has 0 N–H and O–H groups in total. The van der Waals surface area contributed by atoms with Crippen LogP contribution in [0, 0.1) is 5.82 Å². The van der Waals surface area contributed by atoms with Gasteiger partial charge >= 0.3 is 0 Å². The fourth-order valence-corrected chi connectivity index (χ4v) is 2.71. The van der Waals surface area contributed by atoms with E-state index in [2.05, 4.69) is 39.5 Å². The predicted molar refractivity (Wildman–Crippen MR) is 80.8 cm³/mol. The van der Waals surface area contributed by atoms with Crippen LogP contribution >= 0.6 is 0 Å². The molecule has 1 aliphatic rings. The van der Waals surface area contributed by atoms with Crippen LogP contribution in [0.15, 0.2) is 18.2 Å². The molecule has 1 atom stereocenters. The summed E-state index contributed by atoms with van der Waals surface area (Å²) < 4.78 is 19.6. The highest BCUT2D eigenvalue weighted by Crippen LogP contribution is 2.33. The average molecular weight is 279 g/mol. The molecular weight excluding hydrogens is 253 g/mol. The van der Waals surface area contributed by atoms with E-state index in [-0.39, 0.29) is 17.3 Å². The maximum absolute atomic E-state index is 13.5. The van der Waals surface area contributed by atoms with Crippen molar-refractivity contribution < 1.29 is 9.13 Å². The number of ether oxygens (including phenoxy) is 1. The molecule has 0 unspecified atom stereocenters. The third-order valence-electron chi connectivity index (χ3n) is 3.95. The van der Waals surface area contributed by atoms with Gasteiger partial charge < -0.3 is 4.74 Å². The number of hydrogen-bond acceptors (Lipinski definition) is 2. The van der Waals surface area contributed by atoms with Crippen LogP contribution < -0.4 is 4.74 Å². The zero-order valence-corrected chi connectivity index (χ0v) is 13.2. The first-order valence-electron chi connectivity index (χ1n) is 7.48. The summed E-state index contributed by atoms with van der Waals surface area (Å²) >= 11 is 0. The van der Waals surface area contributed by atoms with E-state index in [4.69, 9.17) is 4.74 Å². The number of halogens is 1. The lowest BCUT2D eigenvalue weighted by molar-refractivity contribution is 0.183. The van der Waals surface area contributed by atoms with Crippen molar-refractivity contribution >= 4 is 0 Å². The normalized spacial score (nSPS) is 20.6. The highest BCUT2D eigenvalue weighted by atomic mass is 19.1. The lowest BCUT2D eigenvalue weighted by Crippen LogP contribution is -2.31. The summed E-state index contributed by atoms with van der Waals surface area (Å²) in [5.74, 6) is 0.472. The van der Waals surface area contributed by atoms with Gasteiger partial charge in [-0.15, -0.1) is 0 Å². The van der Waals surface area contributed by atoms with Crippen molar-refractivity contribution in [3.05, 3.63) is 29.6 Å². The summed E-state index contributed by atoms with van der Waals surface area (Å²) in [4.78, 5) is 2.40. The van der Waals surface area contributed by atoms with Gasteiger partial charge in [0.2, 0.25) is 0 Å². The molecule has 1 fully saturated rings. The standard InChI is InChI=1S/C17H26FNO/c1-12(2)19-9-8-14(11-19)20-16-10-13(18)6-7-15(16)17(3,4)5/h6-7,10,12,14H,8-9,11H2,1-5H3/t14-/m1/s1. The van der Waals surface area contributed by atoms with Crippen LogP contribution in [0.25, 0.3) is 0 Å². The molecule has 1 heterocycles. The second-order valence-electron chi connectivity index (χ2n) is 7.01. The van der Waals surface area contributed by atoms with Gasteiger partial charge in [0.15, 0.2) is 0 Å². The van der Waals surface area contributed by atoms with Gasteiger partial charge in [0.1, 0.15) is 17.7 Å². The molecule has 20 heavy (non-hydrogen) atoms. The van der Waals surface area contributed by atoms with Gasteiger partial charge in [0.25, 0.3) is 0 Å². The minimum Gasteiger partial charge on any atom is -0.489 e.